The third kappa shape index (κ3) is 3.41. The van der Waals surface area contributed by atoms with Crippen molar-refractivity contribution in [3.05, 3.63) is 68.0 Å². The zero-order valence-corrected chi connectivity index (χ0v) is 13.0. The van der Waals surface area contributed by atoms with Gasteiger partial charge in [-0.15, -0.1) is 0 Å². The van der Waals surface area contributed by atoms with Crippen LogP contribution in [-0.4, -0.2) is 5.78 Å². The number of carbonyl (C=O) groups excluding carboxylic acids is 1. The number of ketones is 1. The van der Waals surface area contributed by atoms with Crippen LogP contribution < -0.4 is 0 Å². The van der Waals surface area contributed by atoms with E-state index in [0.717, 1.165) is 5.56 Å². The lowest BCUT2D eigenvalue weighted by Gasteiger charge is -2.06. The Balaban J connectivity index is 2.23. The van der Waals surface area contributed by atoms with Crippen LogP contribution in [0.3, 0.4) is 0 Å². The summed E-state index contributed by atoms with van der Waals surface area (Å²) < 4.78 is 13.7. The minimum atomic E-state index is -0.313. The lowest BCUT2D eigenvalue weighted by molar-refractivity contribution is 0.0992. The Kier molecular flexibility index (Phi) is 4.34. The minimum absolute atomic E-state index is 0.0210. The van der Waals surface area contributed by atoms with E-state index in [1.807, 2.05) is 54.6 Å². The number of benzene rings is 2. The van der Waals surface area contributed by atoms with Crippen LogP contribution in [0.25, 0.3) is 0 Å². The molecule has 0 heterocycles. The SMILES string of the molecule is Cc1ccc(CC(=O)c2ccc(F)cc2I)cc1C. The summed E-state index contributed by atoms with van der Waals surface area (Å²) >= 11 is 2.00. The topological polar surface area (TPSA) is 17.1 Å². The Hall–Kier alpha value is -1.23. The monoisotopic (exact) mass is 368 g/mol. The summed E-state index contributed by atoms with van der Waals surface area (Å²) in [4.78, 5) is 12.2. The molecule has 2 aromatic carbocycles. The molecule has 0 aromatic heterocycles. The first-order chi connectivity index (χ1) is 8.97. The highest BCUT2D eigenvalue weighted by Crippen LogP contribution is 2.17. The second-order valence-electron chi connectivity index (χ2n) is 4.64. The zero-order valence-electron chi connectivity index (χ0n) is 10.8. The zero-order chi connectivity index (χ0) is 14.0. The quantitative estimate of drug-likeness (QED) is 0.577. The van der Waals surface area contributed by atoms with Crippen LogP contribution in [0.1, 0.15) is 27.0 Å². The highest BCUT2D eigenvalue weighted by molar-refractivity contribution is 14.1. The van der Waals surface area contributed by atoms with E-state index in [0.29, 0.717) is 15.6 Å². The Morgan fingerprint density at radius 2 is 1.84 bits per heavy atom. The van der Waals surface area contributed by atoms with E-state index in [4.69, 9.17) is 0 Å². The van der Waals surface area contributed by atoms with Crippen LogP contribution in [-0.2, 0) is 6.42 Å². The molecule has 0 saturated heterocycles. The van der Waals surface area contributed by atoms with E-state index < -0.39 is 0 Å². The molecule has 2 rings (SSSR count). The van der Waals surface area contributed by atoms with Crippen molar-refractivity contribution >= 4 is 28.4 Å². The molecule has 2 aromatic rings. The Labute approximate surface area is 126 Å². The molecule has 0 N–H and O–H groups in total. The molecule has 3 heteroatoms. The Morgan fingerprint density at radius 1 is 1.11 bits per heavy atom. The summed E-state index contributed by atoms with van der Waals surface area (Å²) in [7, 11) is 0. The fraction of sp³-hybridized carbons (Fsp3) is 0.188. The first kappa shape index (κ1) is 14.2. The largest absolute Gasteiger partial charge is 0.294 e. The van der Waals surface area contributed by atoms with Crippen molar-refractivity contribution < 1.29 is 9.18 Å². The molecular weight excluding hydrogens is 354 g/mol. The first-order valence-corrected chi connectivity index (χ1v) is 7.09. The van der Waals surface area contributed by atoms with Crippen LogP contribution >= 0.6 is 22.6 Å². The molecule has 0 bridgehead atoms. The number of Topliss-reactive ketones (excluding diaryl/α,β-unsaturated/α-hetero) is 1. The maximum Gasteiger partial charge on any atom is 0.168 e. The van der Waals surface area contributed by atoms with E-state index in [1.165, 1.54) is 23.3 Å². The second-order valence-corrected chi connectivity index (χ2v) is 5.80. The van der Waals surface area contributed by atoms with Gasteiger partial charge in [0.1, 0.15) is 5.82 Å². The number of hydrogen-bond donors (Lipinski definition) is 0. The van der Waals surface area contributed by atoms with Gasteiger partial charge in [0.15, 0.2) is 5.78 Å². The van der Waals surface area contributed by atoms with Crippen molar-refractivity contribution in [1.29, 1.82) is 0 Å². The van der Waals surface area contributed by atoms with E-state index in [1.54, 1.807) is 6.07 Å². The lowest BCUT2D eigenvalue weighted by Crippen LogP contribution is -2.06. The van der Waals surface area contributed by atoms with Crippen molar-refractivity contribution in [2.75, 3.05) is 0 Å². The number of rotatable bonds is 3. The van der Waals surface area contributed by atoms with E-state index in [9.17, 15) is 9.18 Å². The number of aryl methyl sites for hydroxylation is 2. The average Bonchev–Trinajstić information content (AvgIpc) is 2.33. The third-order valence-electron chi connectivity index (χ3n) is 3.17. The number of carbonyl (C=O) groups is 1. The summed E-state index contributed by atoms with van der Waals surface area (Å²) in [6.07, 6.45) is 0.350. The fourth-order valence-electron chi connectivity index (χ4n) is 1.91. The fourth-order valence-corrected chi connectivity index (χ4v) is 2.69. The summed E-state index contributed by atoms with van der Waals surface area (Å²) in [5.41, 5.74) is 3.97. The lowest BCUT2D eigenvalue weighted by atomic mass is 9.99. The number of hydrogen-bond acceptors (Lipinski definition) is 1. The van der Waals surface area contributed by atoms with Gasteiger partial charge in [-0.1, -0.05) is 18.2 Å². The molecule has 0 atom stereocenters. The van der Waals surface area contributed by atoms with Crippen LogP contribution in [0.15, 0.2) is 36.4 Å². The van der Waals surface area contributed by atoms with Crippen molar-refractivity contribution in [1.82, 2.24) is 0 Å². The third-order valence-corrected chi connectivity index (χ3v) is 4.06. The molecule has 1 nitrogen and oxygen atoms in total. The van der Waals surface area contributed by atoms with Crippen molar-refractivity contribution in [2.24, 2.45) is 0 Å². The molecule has 0 amide bonds. The molecule has 0 unspecified atom stereocenters. The molecular formula is C16H14FIO. The van der Waals surface area contributed by atoms with Crippen molar-refractivity contribution in [2.45, 2.75) is 20.3 Å². The van der Waals surface area contributed by atoms with E-state index in [2.05, 4.69) is 0 Å². The van der Waals surface area contributed by atoms with Crippen molar-refractivity contribution in [3.63, 3.8) is 0 Å². The molecule has 0 aliphatic rings. The molecule has 19 heavy (non-hydrogen) atoms. The molecule has 0 saturated carbocycles. The van der Waals surface area contributed by atoms with Crippen LogP contribution in [0, 0.1) is 23.2 Å². The first-order valence-electron chi connectivity index (χ1n) is 6.02. The Morgan fingerprint density at radius 3 is 2.47 bits per heavy atom. The number of halogens is 2. The average molecular weight is 368 g/mol. The normalized spacial score (nSPS) is 10.5. The maximum absolute atomic E-state index is 13.0. The molecule has 0 aliphatic heterocycles. The minimum Gasteiger partial charge on any atom is -0.294 e. The second kappa shape index (κ2) is 5.82. The van der Waals surface area contributed by atoms with Gasteiger partial charge >= 0.3 is 0 Å². The molecule has 0 fully saturated rings. The highest BCUT2D eigenvalue weighted by Gasteiger charge is 2.11. The van der Waals surface area contributed by atoms with Crippen molar-refractivity contribution in [3.8, 4) is 0 Å². The van der Waals surface area contributed by atoms with Crippen LogP contribution in [0.4, 0.5) is 4.39 Å². The maximum atomic E-state index is 13.0. The Bertz CT molecular complexity index is 635. The molecule has 0 spiro atoms. The van der Waals surface area contributed by atoms with Gasteiger partial charge in [0.05, 0.1) is 0 Å². The van der Waals surface area contributed by atoms with E-state index >= 15 is 0 Å². The van der Waals surface area contributed by atoms with Gasteiger partial charge in [-0.3, -0.25) is 4.79 Å². The molecule has 0 aliphatic carbocycles. The van der Waals surface area contributed by atoms with Gasteiger partial charge in [0.25, 0.3) is 0 Å². The highest BCUT2D eigenvalue weighted by atomic mass is 127. The van der Waals surface area contributed by atoms with Gasteiger partial charge in [0.2, 0.25) is 0 Å². The smallest absolute Gasteiger partial charge is 0.168 e. The molecule has 0 radical (unpaired) electrons. The van der Waals surface area contributed by atoms with Crippen LogP contribution in [0.2, 0.25) is 0 Å². The standard InChI is InChI=1S/C16H14FIO/c1-10-3-4-12(7-11(10)2)8-16(19)14-6-5-13(17)9-15(14)18/h3-7,9H,8H2,1-2H3. The van der Waals surface area contributed by atoms with Gasteiger partial charge < -0.3 is 0 Å². The summed E-state index contributed by atoms with van der Waals surface area (Å²) in [5.74, 6) is -0.292. The van der Waals surface area contributed by atoms with Gasteiger partial charge in [-0.05, 0) is 71.3 Å². The van der Waals surface area contributed by atoms with Gasteiger partial charge in [0, 0.05) is 15.6 Å². The summed E-state index contributed by atoms with van der Waals surface area (Å²) in [5, 5.41) is 0. The van der Waals surface area contributed by atoms with Gasteiger partial charge in [-0.25, -0.2) is 4.39 Å². The predicted molar refractivity (Wildman–Crippen MR) is 83.1 cm³/mol. The van der Waals surface area contributed by atoms with E-state index in [-0.39, 0.29) is 11.6 Å². The molecule has 98 valence electrons. The summed E-state index contributed by atoms with van der Waals surface area (Å²) in [6, 6.07) is 10.3. The van der Waals surface area contributed by atoms with Crippen LogP contribution in [0.5, 0.6) is 0 Å². The van der Waals surface area contributed by atoms with Gasteiger partial charge in [-0.2, -0.15) is 0 Å². The summed E-state index contributed by atoms with van der Waals surface area (Å²) in [6.45, 7) is 4.08. The predicted octanol–water partition coefficient (Wildman–Crippen LogP) is 4.47.